The van der Waals surface area contributed by atoms with Crippen molar-refractivity contribution in [3.63, 3.8) is 0 Å². The molecule has 318 valence electrons. The van der Waals surface area contributed by atoms with Crippen LogP contribution < -0.4 is 0 Å². The van der Waals surface area contributed by atoms with Gasteiger partial charge in [0, 0.05) is 49.7 Å². The Hall–Kier alpha value is -10.3. The first-order chi connectivity index (χ1) is 34.0. The van der Waals surface area contributed by atoms with Gasteiger partial charge in [-0.25, -0.2) is 19.8 Å². The highest BCUT2D eigenvalue weighted by Crippen LogP contribution is 2.46. The Labute approximate surface area is 398 Å². The average Bonchev–Trinajstić information content (AvgIpc) is 3.75. The highest BCUT2D eigenvalue weighted by atomic mass is 15.0. The fourth-order valence-electron chi connectivity index (χ4n) is 9.07. The molecule has 0 radical (unpaired) electrons. The molecule has 0 bridgehead atoms. The van der Waals surface area contributed by atoms with Gasteiger partial charge in [-0.15, -0.1) is 0 Å². The molecule has 0 saturated heterocycles. The summed E-state index contributed by atoms with van der Waals surface area (Å²) in [7, 11) is 0. The number of aromatic nitrogens is 4. The molecule has 0 amide bonds. The maximum absolute atomic E-state index is 10.8. The molecule has 11 rings (SSSR count). The molecule has 8 heteroatoms. The lowest BCUT2D eigenvalue weighted by Gasteiger charge is -2.22. The zero-order valence-electron chi connectivity index (χ0n) is 36.7. The van der Waals surface area contributed by atoms with Gasteiger partial charge < -0.3 is 4.57 Å². The Morgan fingerprint density at radius 2 is 0.797 bits per heavy atom. The Morgan fingerprint density at radius 3 is 1.25 bits per heavy atom. The number of nitriles is 3. The van der Waals surface area contributed by atoms with Crippen molar-refractivity contribution in [3.8, 4) is 103 Å². The topological polar surface area (TPSA) is 119 Å². The van der Waals surface area contributed by atoms with Crippen LogP contribution in [0.3, 0.4) is 0 Å². The molecule has 9 aromatic carbocycles. The van der Waals surface area contributed by atoms with Crippen molar-refractivity contribution in [2.75, 3.05) is 0 Å². The molecule has 0 aliphatic carbocycles. The Balaban J connectivity index is 1.27. The number of nitrogens with zero attached hydrogens (tertiary/aromatic N) is 8. The van der Waals surface area contributed by atoms with Crippen molar-refractivity contribution in [2.24, 2.45) is 0 Å². The van der Waals surface area contributed by atoms with Crippen molar-refractivity contribution in [1.82, 2.24) is 19.5 Å². The molecule has 69 heavy (non-hydrogen) atoms. The van der Waals surface area contributed by atoms with Crippen LogP contribution in [0.1, 0.15) is 16.7 Å². The molecule has 0 fully saturated rings. The number of hydrogen-bond donors (Lipinski definition) is 0. The van der Waals surface area contributed by atoms with E-state index in [2.05, 4.69) is 76.2 Å². The van der Waals surface area contributed by atoms with Gasteiger partial charge >= 0.3 is 0 Å². The fourth-order valence-corrected chi connectivity index (χ4v) is 9.07. The minimum Gasteiger partial charge on any atom is -0.308 e. The van der Waals surface area contributed by atoms with Gasteiger partial charge in [0.25, 0.3) is 0 Å². The van der Waals surface area contributed by atoms with Gasteiger partial charge in [-0.05, 0) is 82.9 Å². The normalized spacial score (nSPS) is 10.8. The van der Waals surface area contributed by atoms with Crippen LogP contribution in [0.5, 0.6) is 0 Å². The quantitative estimate of drug-likeness (QED) is 0.140. The summed E-state index contributed by atoms with van der Waals surface area (Å²) in [5.41, 5.74) is 13.6. The van der Waals surface area contributed by atoms with Crippen LogP contribution in [0.2, 0.25) is 0 Å². The van der Waals surface area contributed by atoms with E-state index in [0.29, 0.717) is 56.5 Å². The first-order valence-electron chi connectivity index (χ1n) is 22.1. The molecule has 11 aromatic rings. The molecule has 0 spiro atoms. The van der Waals surface area contributed by atoms with E-state index in [9.17, 15) is 15.8 Å². The second-order valence-corrected chi connectivity index (χ2v) is 16.4. The first kappa shape index (κ1) is 41.5. The molecule has 0 aliphatic heterocycles. The number of rotatable bonds is 8. The molecule has 0 unspecified atom stereocenters. The summed E-state index contributed by atoms with van der Waals surface area (Å²) in [5.74, 6) is 1.42. The van der Waals surface area contributed by atoms with E-state index in [1.807, 2.05) is 158 Å². The van der Waals surface area contributed by atoms with Crippen molar-refractivity contribution in [1.29, 1.82) is 15.8 Å². The molecule has 2 aromatic heterocycles. The smallest absolute Gasteiger partial charge is 0.187 e. The van der Waals surface area contributed by atoms with Gasteiger partial charge in [0.1, 0.15) is 0 Å². The maximum atomic E-state index is 10.8. The van der Waals surface area contributed by atoms with E-state index in [1.54, 1.807) is 0 Å². The lowest BCUT2D eigenvalue weighted by atomic mass is 9.89. The van der Waals surface area contributed by atoms with E-state index >= 15 is 0 Å². The number of hydrogen-bond acceptors (Lipinski definition) is 6. The summed E-state index contributed by atoms with van der Waals surface area (Å²) >= 11 is 0. The van der Waals surface area contributed by atoms with Crippen LogP contribution >= 0.6 is 0 Å². The summed E-state index contributed by atoms with van der Waals surface area (Å²) in [6.45, 7) is 7.54. The maximum Gasteiger partial charge on any atom is 0.187 e. The van der Waals surface area contributed by atoms with Gasteiger partial charge in [0.15, 0.2) is 23.2 Å². The fraction of sp³-hybridized carbons (Fsp3) is 0. The SMILES string of the molecule is [C-]#[N+]c1ccc(-c2ccc3c(c2)c2cc(-c4ccc(C#N)cc4)ccc2n3-c2c(-c3ccccc3C#N)cc(-c3nc(-c4ccccc4)nc(-c4ccccc4)n3)cc2-c2ccccc2C#N)cc1. The van der Waals surface area contributed by atoms with Gasteiger partial charge in [-0.2, -0.15) is 15.8 Å². The molecule has 0 atom stereocenters. The number of benzene rings is 9. The van der Waals surface area contributed by atoms with Crippen molar-refractivity contribution in [3.05, 3.63) is 234 Å². The van der Waals surface area contributed by atoms with Gasteiger partial charge in [0.2, 0.25) is 0 Å². The van der Waals surface area contributed by atoms with Crippen LogP contribution in [0.15, 0.2) is 206 Å². The van der Waals surface area contributed by atoms with Crippen molar-refractivity contribution < 1.29 is 0 Å². The molecule has 8 nitrogen and oxygen atoms in total. The molecule has 0 N–H and O–H groups in total. The third-order valence-electron chi connectivity index (χ3n) is 12.4. The Kier molecular flexibility index (Phi) is 10.6. The van der Waals surface area contributed by atoms with Crippen LogP contribution in [0.25, 0.3) is 111 Å². The van der Waals surface area contributed by atoms with Crippen molar-refractivity contribution >= 4 is 27.5 Å². The zero-order chi connectivity index (χ0) is 46.8. The number of fused-ring (bicyclic) bond motifs is 3. The Morgan fingerprint density at radius 1 is 0.377 bits per heavy atom. The zero-order valence-corrected chi connectivity index (χ0v) is 36.7. The highest BCUT2D eigenvalue weighted by molar-refractivity contribution is 6.13. The van der Waals surface area contributed by atoms with E-state index < -0.39 is 0 Å². The second-order valence-electron chi connectivity index (χ2n) is 16.4. The summed E-state index contributed by atoms with van der Waals surface area (Å²) < 4.78 is 2.24. The summed E-state index contributed by atoms with van der Waals surface area (Å²) in [5, 5.41) is 33.1. The predicted octanol–water partition coefficient (Wildman–Crippen LogP) is 14.8. The molecular formula is C61H34N8. The van der Waals surface area contributed by atoms with E-state index in [4.69, 9.17) is 21.5 Å². The summed E-state index contributed by atoms with van der Waals surface area (Å²) in [6, 6.07) is 74.0. The molecule has 0 aliphatic rings. The van der Waals surface area contributed by atoms with Crippen molar-refractivity contribution in [2.45, 2.75) is 0 Å². The first-order valence-corrected chi connectivity index (χ1v) is 22.1. The van der Waals surface area contributed by atoms with E-state index in [1.165, 1.54) is 0 Å². The standard InChI is InChI=1S/C61H34N8/c1-65-49-28-24-41(25-29-49)45-27-31-57-53(33-45)52-32-44(40-22-20-39(36-62)21-23-40)26-30-56(52)69(57)58-54(50-18-10-8-16-46(50)37-63)34-48(35-55(58)51-19-11-9-17-47(51)38-64)61-67-59(42-12-4-2-5-13-42)66-60(68-61)43-14-6-3-7-15-43/h2-35H. The van der Waals surface area contributed by atoms with Gasteiger partial charge in [-0.1, -0.05) is 146 Å². The van der Waals surface area contributed by atoms with E-state index in [0.717, 1.165) is 72.0 Å². The third-order valence-corrected chi connectivity index (χ3v) is 12.4. The highest BCUT2D eigenvalue weighted by Gasteiger charge is 2.26. The molecule has 0 saturated carbocycles. The minimum atomic E-state index is 0.420. The Bertz CT molecular complexity index is 3730. The van der Waals surface area contributed by atoms with E-state index in [-0.39, 0.29) is 0 Å². The lowest BCUT2D eigenvalue weighted by molar-refractivity contribution is 1.07. The van der Waals surface area contributed by atoms with Crippen LogP contribution in [0.4, 0.5) is 5.69 Å². The van der Waals surface area contributed by atoms with Crippen LogP contribution in [0, 0.1) is 40.6 Å². The van der Waals surface area contributed by atoms with Gasteiger partial charge in [0.05, 0.1) is 58.2 Å². The van der Waals surface area contributed by atoms with Crippen LogP contribution in [-0.2, 0) is 0 Å². The third kappa shape index (κ3) is 7.59. The van der Waals surface area contributed by atoms with Crippen LogP contribution in [-0.4, -0.2) is 19.5 Å². The largest absolute Gasteiger partial charge is 0.308 e. The lowest BCUT2D eigenvalue weighted by Crippen LogP contribution is -2.05. The van der Waals surface area contributed by atoms with Gasteiger partial charge in [-0.3, -0.25) is 0 Å². The minimum absolute atomic E-state index is 0.420. The average molecular weight is 879 g/mol. The summed E-state index contributed by atoms with van der Waals surface area (Å²) in [6.07, 6.45) is 0. The monoisotopic (exact) mass is 878 g/mol. The predicted molar refractivity (Wildman–Crippen MR) is 273 cm³/mol. The summed E-state index contributed by atoms with van der Waals surface area (Å²) in [4.78, 5) is 18.9. The second kappa shape index (κ2) is 17.6. The molecular weight excluding hydrogens is 845 g/mol. The molecule has 2 heterocycles.